The SMILES string of the molecule is CN=C(NCCc1cccc(C(=O)N(C)C)c1)NCc1ccnc(OC(C)CC(C)C)c1. The van der Waals surface area contributed by atoms with Crippen LogP contribution in [-0.2, 0) is 13.0 Å². The lowest BCUT2D eigenvalue weighted by Gasteiger charge is -2.16. The molecule has 174 valence electrons. The normalized spacial score (nSPS) is 12.4. The lowest BCUT2D eigenvalue weighted by Crippen LogP contribution is -2.37. The Morgan fingerprint density at radius 2 is 1.91 bits per heavy atom. The van der Waals surface area contributed by atoms with Crippen LogP contribution in [0.3, 0.4) is 0 Å². The number of aliphatic imine (C=N–C) groups is 1. The predicted molar refractivity (Wildman–Crippen MR) is 130 cm³/mol. The van der Waals surface area contributed by atoms with Gasteiger partial charge in [-0.2, -0.15) is 0 Å². The molecule has 0 saturated heterocycles. The number of nitrogens with one attached hydrogen (secondary N) is 2. The summed E-state index contributed by atoms with van der Waals surface area (Å²) in [5.41, 5.74) is 2.88. The Balaban J connectivity index is 1.83. The van der Waals surface area contributed by atoms with E-state index in [9.17, 15) is 4.79 Å². The third-order valence-electron chi connectivity index (χ3n) is 4.89. The van der Waals surface area contributed by atoms with Gasteiger partial charge in [-0.05, 0) is 55.0 Å². The van der Waals surface area contributed by atoms with Crippen LogP contribution in [0.2, 0.25) is 0 Å². The highest BCUT2D eigenvalue weighted by Gasteiger charge is 2.09. The summed E-state index contributed by atoms with van der Waals surface area (Å²) in [4.78, 5) is 22.3. The molecule has 1 unspecified atom stereocenters. The first-order valence-electron chi connectivity index (χ1n) is 11.1. The van der Waals surface area contributed by atoms with E-state index < -0.39 is 0 Å². The molecule has 0 aliphatic rings. The smallest absolute Gasteiger partial charge is 0.253 e. The van der Waals surface area contributed by atoms with Crippen LogP contribution in [0.4, 0.5) is 0 Å². The number of amides is 1. The summed E-state index contributed by atoms with van der Waals surface area (Å²) in [6, 6.07) is 11.7. The molecule has 1 amide bonds. The number of nitrogens with zero attached hydrogens (tertiary/aromatic N) is 3. The van der Waals surface area contributed by atoms with E-state index in [1.807, 2.05) is 36.4 Å². The summed E-state index contributed by atoms with van der Waals surface area (Å²) >= 11 is 0. The molecule has 2 rings (SSSR count). The maximum absolute atomic E-state index is 12.1. The fourth-order valence-corrected chi connectivity index (χ4v) is 3.39. The average molecular weight is 440 g/mol. The highest BCUT2D eigenvalue weighted by atomic mass is 16.5. The van der Waals surface area contributed by atoms with E-state index in [0.717, 1.165) is 29.9 Å². The molecule has 2 aromatic rings. The van der Waals surface area contributed by atoms with Gasteiger partial charge < -0.3 is 20.3 Å². The molecule has 0 spiro atoms. The van der Waals surface area contributed by atoms with Gasteiger partial charge in [-0.1, -0.05) is 26.0 Å². The fraction of sp³-hybridized carbons (Fsp3) is 0.480. The van der Waals surface area contributed by atoms with E-state index in [1.54, 1.807) is 32.2 Å². The molecular weight excluding hydrogens is 402 g/mol. The largest absolute Gasteiger partial charge is 0.475 e. The molecule has 1 heterocycles. The van der Waals surface area contributed by atoms with Gasteiger partial charge >= 0.3 is 0 Å². The van der Waals surface area contributed by atoms with Gasteiger partial charge in [0.25, 0.3) is 5.91 Å². The van der Waals surface area contributed by atoms with Crippen molar-refractivity contribution in [3.8, 4) is 5.88 Å². The highest BCUT2D eigenvalue weighted by Crippen LogP contribution is 2.15. The topological polar surface area (TPSA) is 78.9 Å². The molecular formula is C25H37N5O2. The fourth-order valence-electron chi connectivity index (χ4n) is 3.39. The minimum atomic E-state index is 0.0107. The van der Waals surface area contributed by atoms with E-state index in [0.29, 0.717) is 30.5 Å². The average Bonchev–Trinajstić information content (AvgIpc) is 2.75. The Bertz CT molecular complexity index is 895. The number of hydrogen-bond donors (Lipinski definition) is 2. The molecule has 0 fully saturated rings. The van der Waals surface area contributed by atoms with Crippen molar-refractivity contribution < 1.29 is 9.53 Å². The van der Waals surface area contributed by atoms with Crippen LogP contribution in [-0.4, -0.2) is 55.5 Å². The number of carbonyl (C=O) groups excluding carboxylic acids is 1. The number of benzene rings is 1. The lowest BCUT2D eigenvalue weighted by atomic mass is 10.1. The Morgan fingerprint density at radius 3 is 2.59 bits per heavy atom. The summed E-state index contributed by atoms with van der Waals surface area (Å²) in [6.07, 6.45) is 3.68. The monoisotopic (exact) mass is 439 g/mol. The molecule has 1 aromatic carbocycles. The molecule has 2 N–H and O–H groups in total. The van der Waals surface area contributed by atoms with Crippen molar-refractivity contribution in [1.82, 2.24) is 20.5 Å². The first-order valence-corrected chi connectivity index (χ1v) is 11.1. The van der Waals surface area contributed by atoms with Gasteiger partial charge in [-0.25, -0.2) is 4.98 Å². The van der Waals surface area contributed by atoms with Gasteiger partial charge in [-0.3, -0.25) is 9.79 Å². The third-order valence-corrected chi connectivity index (χ3v) is 4.89. The quantitative estimate of drug-likeness (QED) is 0.438. The molecule has 0 aliphatic carbocycles. The van der Waals surface area contributed by atoms with Crippen molar-refractivity contribution >= 4 is 11.9 Å². The van der Waals surface area contributed by atoms with Crippen LogP contribution >= 0.6 is 0 Å². The number of aromatic nitrogens is 1. The molecule has 0 radical (unpaired) electrons. The van der Waals surface area contributed by atoms with Crippen molar-refractivity contribution in [3.05, 3.63) is 59.3 Å². The summed E-state index contributed by atoms with van der Waals surface area (Å²) in [5.74, 6) is 1.96. The van der Waals surface area contributed by atoms with E-state index in [2.05, 4.69) is 41.4 Å². The molecule has 1 atom stereocenters. The van der Waals surface area contributed by atoms with Crippen molar-refractivity contribution in [1.29, 1.82) is 0 Å². The van der Waals surface area contributed by atoms with Gasteiger partial charge in [0.15, 0.2) is 5.96 Å². The minimum absolute atomic E-state index is 0.0107. The minimum Gasteiger partial charge on any atom is -0.475 e. The summed E-state index contributed by atoms with van der Waals surface area (Å²) < 4.78 is 5.94. The van der Waals surface area contributed by atoms with Gasteiger partial charge in [0.1, 0.15) is 0 Å². The first-order chi connectivity index (χ1) is 15.3. The number of rotatable bonds is 10. The summed E-state index contributed by atoms with van der Waals surface area (Å²) in [7, 11) is 5.27. The highest BCUT2D eigenvalue weighted by molar-refractivity contribution is 5.94. The van der Waals surface area contributed by atoms with E-state index in [-0.39, 0.29) is 12.0 Å². The molecule has 32 heavy (non-hydrogen) atoms. The van der Waals surface area contributed by atoms with E-state index >= 15 is 0 Å². The number of carbonyl (C=O) groups is 1. The summed E-state index contributed by atoms with van der Waals surface area (Å²) in [5, 5.41) is 6.65. The number of guanidine groups is 1. The molecule has 0 aliphatic heterocycles. The van der Waals surface area contributed by atoms with Crippen molar-refractivity contribution in [3.63, 3.8) is 0 Å². The summed E-state index contributed by atoms with van der Waals surface area (Å²) in [6.45, 7) is 7.77. The van der Waals surface area contributed by atoms with Gasteiger partial charge in [0.05, 0.1) is 6.10 Å². The zero-order valence-corrected chi connectivity index (χ0v) is 20.2. The van der Waals surface area contributed by atoms with Crippen molar-refractivity contribution in [2.75, 3.05) is 27.7 Å². The van der Waals surface area contributed by atoms with Crippen LogP contribution in [0, 0.1) is 5.92 Å². The van der Waals surface area contributed by atoms with Crippen LogP contribution in [0.1, 0.15) is 48.7 Å². The number of pyridine rings is 1. The van der Waals surface area contributed by atoms with Crippen LogP contribution in [0.5, 0.6) is 5.88 Å². The van der Waals surface area contributed by atoms with E-state index in [1.165, 1.54) is 0 Å². The van der Waals surface area contributed by atoms with Crippen molar-refractivity contribution in [2.24, 2.45) is 10.9 Å². The lowest BCUT2D eigenvalue weighted by molar-refractivity contribution is 0.0827. The second-order valence-corrected chi connectivity index (χ2v) is 8.56. The Labute approximate surface area is 192 Å². The van der Waals surface area contributed by atoms with Crippen LogP contribution in [0.15, 0.2) is 47.6 Å². The molecule has 1 aromatic heterocycles. The Morgan fingerprint density at radius 1 is 1.12 bits per heavy atom. The zero-order chi connectivity index (χ0) is 23.5. The molecule has 0 bridgehead atoms. The van der Waals surface area contributed by atoms with Gasteiger partial charge in [0, 0.05) is 52.1 Å². The van der Waals surface area contributed by atoms with Crippen LogP contribution in [0.25, 0.3) is 0 Å². The van der Waals surface area contributed by atoms with Crippen LogP contribution < -0.4 is 15.4 Å². The Hall–Kier alpha value is -3.09. The predicted octanol–water partition coefficient (Wildman–Crippen LogP) is 3.50. The Kier molecular flexibility index (Phi) is 9.98. The second kappa shape index (κ2) is 12.7. The first kappa shape index (κ1) is 25.2. The second-order valence-electron chi connectivity index (χ2n) is 8.56. The number of hydrogen-bond acceptors (Lipinski definition) is 4. The molecule has 7 heteroatoms. The maximum atomic E-state index is 12.1. The standard InChI is InChI=1S/C25H37N5O2/c1-18(2)14-19(3)32-23-16-21(11-12-27-23)17-29-25(26-4)28-13-10-20-8-7-9-22(15-20)24(31)30(5)6/h7-9,11-12,15-16,18-19H,10,13-14,17H2,1-6H3,(H2,26,28,29). The molecule has 0 saturated carbocycles. The zero-order valence-electron chi connectivity index (χ0n) is 20.2. The van der Waals surface area contributed by atoms with E-state index in [4.69, 9.17) is 4.74 Å². The van der Waals surface area contributed by atoms with Gasteiger partial charge in [0.2, 0.25) is 5.88 Å². The maximum Gasteiger partial charge on any atom is 0.253 e. The van der Waals surface area contributed by atoms with Crippen molar-refractivity contribution in [2.45, 2.75) is 46.3 Å². The third kappa shape index (κ3) is 8.57. The van der Waals surface area contributed by atoms with Gasteiger partial charge in [-0.15, -0.1) is 0 Å². The molecule has 7 nitrogen and oxygen atoms in total. The number of ether oxygens (including phenoxy) is 1.